The zero-order valence-corrected chi connectivity index (χ0v) is 10.8. The van der Waals surface area contributed by atoms with E-state index in [0.29, 0.717) is 11.1 Å². The topological polar surface area (TPSA) is 37.3 Å². The third kappa shape index (κ3) is 3.95. The van der Waals surface area contributed by atoms with Crippen molar-refractivity contribution in [1.29, 1.82) is 0 Å². The van der Waals surface area contributed by atoms with Crippen LogP contribution in [0.1, 0.15) is 21.5 Å². The third-order valence-corrected chi connectivity index (χ3v) is 2.82. The van der Waals surface area contributed by atoms with Crippen molar-refractivity contribution in [2.45, 2.75) is 6.18 Å². The van der Waals surface area contributed by atoms with Gasteiger partial charge < -0.3 is 5.11 Å². The minimum Gasteiger partial charge on any atom is -0.508 e. The first-order valence-electron chi connectivity index (χ1n) is 6.05. The van der Waals surface area contributed by atoms with Gasteiger partial charge in [0.25, 0.3) is 0 Å². The highest BCUT2D eigenvalue weighted by molar-refractivity contribution is 6.06. The van der Waals surface area contributed by atoms with Gasteiger partial charge in [0.15, 0.2) is 5.78 Å². The van der Waals surface area contributed by atoms with Gasteiger partial charge >= 0.3 is 6.18 Å². The summed E-state index contributed by atoms with van der Waals surface area (Å²) in [6, 6.07) is 10.2. The van der Waals surface area contributed by atoms with Gasteiger partial charge in [0.05, 0.1) is 5.56 Å². The van der Waals surface area contributed by atoms with E-state index < -0.39 is 11.7 Å². The van der Waals surface area contributed by atoms with Crippen molar-refractivity contribution >= 4 is 11.9 Å². The van der Waals surface area contributed by atoms with Crippen LogP contribution in [0.4, 0.5) is 13.2 Å². The monoisotopic (exact) mass is 292 g/mol. The lowest BCUT2D eigenvalue weighted by Crippen LogP contribution is -2.04. The minimum atomic E-state index is -4.37. The van der Waals surface area contributed by atoms with Gasteiger partial charge in [-0.3, -0.25) is 4.79 Å². The van der Waals surface area contributed by atoms with Crippen molar-refractivity contribution in [3.05, 3.63) is 71.3 Å². The van der Waals surface area contributed by atoms with Crippen LogP contribution >= 0.6 is 0 Å². The maximum absolute atomic E-state index is 12.4. The first kappa shape index (κ1) is 14.8. The number of alkyl halides is 3. The van der Waals surface area contributed by atoms with Crippen molar-refractivity contribution < 1.29 is 23.1 Å². The summed E-state index contributed by atoms with van der Waals surface area (Å²) >= 11 is 0. The lowest BCUT2D eigenvalue weighted by molar-refractivity contribution is -0.137. The molecule has 1 N–H and O–H groups in total. The van der Waals surface area contributed by atoms with Crippen LogP contribution in [0.15, 0.2) is 54.6 Å². The van der Waals surface area contributed by atoms with E-state index in [0.717, 1.165) is 12.1 Å². The average Bonchev–Trinajstić information content (AvgIpc) is 2.45. The third-order valence-electron chi connectivity index (χ3n) is 2.82. The fourth-order valence-electron chi connectivity index (χ4n) is 1.68. The molecule has 2 rings (SSSR count). The Bertz CT molecular complexity index is 653. The molecule has 0 radical (unpaired) electrons. The number of halogens is 3. The number of carbonyl (C=O) groups excluding carboxylic acids is 1. The largest absolute Gasteiger partial charge is 0.508 e. The molecule has 0 atom stereocenters. The SMILES string of the molecule is O=C(C=Cc1ccc(C(F)(F)F)cc1)c1ccc(O)cc1. The van der Waals surface area contributed by atoms with E-state index in [9.17, 15) is 18.0 Å². The molecule has 0 spiro atoms. The second-order valence-electron chi connectivity index (χ2n) is 4.36. The molecule has 0 unspecified atom stereocenters. The molecule has 0 aliphatic carbocycles. The van der Waals surface area contributed by atoms with E-state index in [1.807, 2.05) is 0 Å². The maximum Gasteiger partial charge on any atom is 0.416 e. The summed E-state index contributed by atoms with van der Waals surface area (Å²) in [6.45, 7) is 0. The first-order chi connectivity index (χ1) is 9.86. The number of ketones is 1. The molecule has 0 bridgehead atoms. The van der Waals surface area contributed by atoms with E-state index in [-0.39, 0.29) is 11.5 Å². The summed E-state index contributed by atoms with van der Waals surface area (Å²) in [5, 5.41) is 9.12. The van der Waals surface area contributed by atoms with Crippen LogP contribution in [0.5, 0.6) is 5.75 Å². The zero-order valence-electron chi connectivity index (χ0n) is 10.8. The lowest BCUT2D eigenvalue weighted by atomic mass is 10.1. The van der Waals surface area contributed by atoms with E-state index in [4.69, 9.17) is 5.11 Å². The first-order valence-corrected chi connectivity index (χ1v) is 6.05. The standard InChI is InChI=1S/C16H11F3O2/c17-16(18,19)13-6-1-11(2-7-13)3-10-15(21)12-4-8-14(20)9-5-12/h1-10,20H. The number of benzene rings is 2. The van der Waals surface area contributed by atoms with Crippen LogP contribution in [-0.4, -0.2) is 10.9 Å². The molecule has 108 valence electrons. The molecular formula is C16H11F3O2. The smallest absolute Gasteiger partial charge is 0.416 e. The number of hydrogen-bond donors (Lipinski definition) is 1. The number of phenolic OH excluding ortho intramolecular Hbond substituents is 1. The van der Waals surface area contributed by atoms with Gasteiger partial charge in [0.1, 0.15) is 5.75 Å². The fourth-order valence-corrected chi connectivity index (χ4v) is 1.68. The van der Waals surface area contributed by atoms with Crippen LogP contribution in [-0.2, 0) is 6.18 Å². The van der Waals surface area contributed by atoms with Crippen molar-refractivity contribution in [1.82, 2.24) is 0 Å². The predicted octanol–water partition coefficient (Wildman–Crippen LogP) is 4.31. The predicted molar refractivity (Wildman–Crippen MR) is 72.9 cm³/mol. The number of aromatic hydroxyl groups is 1. The van der Waals surface area contributed by atoms with Crippen molar-refractivity contribution in [3.63, 3.8) is 0 Å². The highest BCUT2D eigenvalue weighted by atomic mass is 19.4. The number of carbonyl (C=O) groups is 1. The fraction of sp³-hybridized carbons (Fsp3) is 0.0625. The van der Waals surface area contributed by atoms with Crippen molar-refractivity contribution in [2.75, 3.05) is 0 Å². The highest BCUT2D eigenvalue weighted by Gasteiger charge is 2.29. The molecule has 21 heavy (non-hydrogen) atoms. The van der Waals surface area contributed by atoms with Crippen LogP contribution in [0.3, 0.4) is 0 Å². The summed E-state index contributed by atoms with van der Waals surface area (Å²) in [5.41, 5.74) is 0.149. The Kier molecular flexibility index (Phi) is 4.12. The van der Waals surface area contributed by atoms with E-state index in [1.54, 1.807) is 0 Å². The van der Waals surface area contributed by atoms with Gasteiger partial charge in [-0.05, 0) is 48.0 Å². The number of phenols is 1. The quantitative estimate of drug-likeness (QED) is 0.676. The Hall–Kier alpha value is -2.56. The molecule has 0 saturated heterocycles. The van der Waals surface area contributed by atoms with Crippen LogP contribution in [0.25, 0.3) is 6.08 Å². The Morgan fingerprint density at radius 2 is 1.52 bits per heavy atom. The second kappa shape index (κ2) is 5.83. The number of rotatable bonds is 3. The van der Waals surface area contributed by atoms with E-state index >= 15 is 0 Å². The summed E-state index contributed by atoms with van der Waals surface area (Å²) < 4.78 is 37.2. The van der Waals surface area contributed by atoms with Crippen molar-refractivity contribution in [3.8, 4) is 5.75 Å². The normalized spacial score (nSPS) is 11.8. The van der Waals surface area contributed by atoms with Gasteiger partial charge in [-0.2, -0.15) is 13.2 Å². The molecule has 2 aromatic rings. The summed E-state index contributed by atoms with van der Waals surface area (Å²) in [7, 11) is 0. The molecule has 2 aromatic carbocycles. The molecule has 0 saturated carbocycles. The van der Waals surface area contributed by atoms with Crippen LogP contribution in [0, 0.1) is 0 Å². The maximum atomic E-state index is 12.4. The molecule has 0 amide bonds. The minimum absolute atomic E-state index is 0.0540. The second-order valence-corrected chi connectivity index (χ2v) is 4.36. The summed E-state index contributed by atoms with van der Waals surface area (Å²) in [6.07, 6.45) is -1.66. The Morgan fingerprint density at radius 3 is 2.05 bits per heavy atom. The van der Waals surface area contributed by atoms with Gasteiger partial charge in [0.2, 0.25) is 0 Å². The molecular weight excluding hydrogens is 281 g/mol. The summed E-state index contributed by atoms with van der Waals surface area (Å²) in [5.74, 6) is -0.242. The van der Waals surface area contributed by atoms with Crippen molar-refractivity contribution in [2.24, 2.45) is 0 Å². The molecule has 0 heterocycles. The van der Waals surface area contributed by atoms with Gasteiger partial charge in [-0.1, -0.05) is 18.2 Å². The van der Waals surface area contributed by atoms with Gasteiger partial charge in [-0.25, -0.2) is 0 Å². The molecule has 5 heteroatoms. The van der Waals surface area contributed by atoms with Crippen LogP contribution in [0.2, 0.25) is 0 Å². The Balaban J connectivity index is 2.10. The summed E-state index contributed by atoms with van der Waals surface area (Å²) in [4.78, 5) is 11.8. The van der Waals surface area contributed by atoms with Gasteiger partial charge in [0, 0.05) is 5.56 Å². The lowest BCUT2D eigenvalue weighted by Gasteiger charge is -2.05. The van der Waals surface area contributed by atoms with Crippen LogP contribution < -0.4 is 0 Å². The Labute approximate surface area is 119 Å². The Morgan fingerprint density at radius 1 is 0.952 bits per heavy atom. The van der Waals surface area contributed by atoms with E-state index in [1.165, 1.54) is 48.6 Å². The number of allylic oxidation sites excluding steroid dienone is 1. The van der Waals surface area contributed by atoms with Gasteiger partial charge in [-0.15, -0.1) is 0 Å². The van der Waals surface area contributed by atoms with E-state index in [2.05, 4.69) is 0 Å². The zero-order chi connectivity index (χ0) is 15.5. The average molecular weight is 292 g/mol. The highest BCUT2D eigenvalue weighted by Crippen LogP contribution is 2.29. The molecule has 0 fully saturated rings. The molecule has 0 aromatic heterocycles. The number of hydrogen-bond acceptors (Lipinski definition) is 2. The molecule has 0 aliphatic heterocycles. The molecule has 2 nitrogen and oxygen atoms in total. The molecule has 0 aliphatic rings.